The summed E-state index contributed by atoms with van der Waals surface area (Å²) in [6, 6.07) is 1.24. The lowest BCUT2D eigenvalue weighted by atomic mass is 9.85. The predicted octanol–water partition coefficient (Wildman–Crippen LogP) is 3.01. The molecule has 2 rings (SSSR count). The van der Waals surface area contributed by atoms with Gasteiger partial charge in [-0.1, -0.05) is 0 Å². The maximum Gasteiger partial charge on any atom is 0.309 e. The van der Waals surface area contributed by atoms with Gasteiger partial charge in [-0.2, -0.15) is 0 Å². The maximum absolute atomic E-state index is 14.1. The molecule has 0 amide bonds. The van der Waals surface area contributed by atoms with E-state index in [1.165, 1.54) is 6.07 Å². The number of fused-ring (bicyclic) bond motifs is 1. The van der Waals surface area contributed by atoms with Gasteiger partial charge in [0.15, 0.2) is 11.5 Å². The van der Waals surface area contributed by atoms with Crippen molar-refractivity contribution in [3.8, 4) is 11.5 Å². The van der Waals surface area contributed by atoms with Gasteiger partial charge < -0.3 is 14.6 Å². The number of benzene rings is 1. The molecule has 1 aliphatic rings. The topological polar surface area (TPSA) is 55.8 Å². The molecule has 1 N–H and O–H groups in total. The molecule has 0 saturated carbocycles. The lowest BCUT2D eigenvalue weighted by Crippen LogP contribution is -2.27. The number of rotatable bonds is 3. The maximum atomic E-state index is 14.1. The van der Waals surface area contributed by atoms with Crippen LogP contribution in [-0.2, 0) is 11.2 Å². The highest BCUT2D eigenvalue weighted by Crippen LogP contribution is 2.42. The molecule has 1 aromatic rings. The Balaban J connectivity index is 2.44. The fourth-order valence-electron chi connectivity index (χ4n) is 1.83. The van der Waals surface area contributed by atoms with Crippen molar-refractivity contribution in [2.24, 2.45) is 5.41 Å². The molecule has 0 fully saturated rings. The molecule has 0 radical (unpaired) electrons. The Hall–Kier alpha value is -1.30. The second-order valence-corrected chi connectivity index (χ2v) is 5.83. The summed E-state index contributed by atoms with van der Waals surface area (Å²) >= 11 is 3.28. The number of carboxylic acid groups (broad SMARTS) is 1. The van der Waals surface area contributed by atoms with E-state index >= 15 is 0 Å². The van der Waals surface area contributed by atoms with Crippen LogP contribution in [0.2, 0.25) is 0 Å². The Labute approximate surface area is 118 Å². The molecule has 19 heavy (non-hydrogen) atoms. The third kappa shape index (κ3) is 2.68. The molecule has 0 atom stereocenters. The highest BCUT2D eigenvalue weighted by Gasteiger charge is 2.31. The van der Waals surface area contributed by atoms with Crippen molar-refractivity contribution in [2.75, 3.05) is 13.2 Å². The molecular weight excluding hydrogens is 319 g/mol. The lowest BCUT2D eigenvalue weighted by molar-refractivity contribution is -0.146. The first kappa shape index (κ1) is 14.1. The number of carboxylic acids is 1. The minimum absolute atomic E-state index is 0.0609. The van der Waals surface area contributed by atoms with E-state index < -0.39 is 17.2 Å². The summed E-state index contributed by atoms with van der Waals surface area (Å²) in [4.78, 5) is 11.1. The number of aliphatic carboxylic acids is 1. The monoisotopic (exact) mass is 332 g/mol. The van der Waals surface area contributed by atoms with Crippen LogP contribution in [0.5, 0.6) is 11.5 Å². The zero-order valence-corrected chi connectivity index (χ0v) is 12.2. The lowest BCUT2D eigenvalue weighted by Gasteiger charge is -2.24. The minimum Gasteiger partial charge on any atom is -0.486 e. The minimum atomic E-state index is -1.06. The predicted molar refractivity (Wildman–Crippen MR) is 70.2 cm³/mol. The highest BCUT2D eigenvalue weighted by atomic mass is 79.9. The van der Waals surface area contributed by atoms with Crippen molar-refractivity contribution < 1.29 is 23.8 Å². The molecular formula is C13H14BrFO4. The van der Waals surface area contributed by atoms with Gasteiger partial charge in [0.1, 0.15) is 19.0 Å². The third-order valence-electron chi connectivity index (χ3n) is 3.02. The van der Waals surface area contributed by atoms with Crippen LogP contribution >= 0.6 is 15.9 Å². The average molecular weight is 333 g/mol. The standard InChI is InChI=1S/C13H14BrFO4/c1-13(2,12(16)17)6-7-8(15)5-9-11(10(7)14)19-4-3-18-9/h5H,3-4,6H2,1-2H3,(H,16,17). The first-order valence-electron chi connectivity index (χ1n) is 5.83. The van der Waals surface area contributed by atoms with Gasteiger partial charge in [-0.3, -0.25) is 4.79 Å². The Morgan fingerprint density at radius 1 is 1.47 bits per heavy atom. The second-order valence-electron chi connectivity index (χ2n) is 5.04. The highest BCUT2D eigenvalue weighted by molar-refractivity contribution is 9.10. The van der Waals surface area contributed by atoms with Crippen molar-refractivity contribution in [1.29, 1.82) is 0 Å². The fraction of sp³-hybridized carbons (Fsp3) is 0.462. The van der Waals surface area contributed by atoms with E-state index in [0.29, 0.717) is 29.2 Å². The summed E-state index contributed by atoms with van der Waals surface area (Å²) in [5, 5.41) is 9.13. The molecule has 0 aromatic heterocycles. The van der Waals surface area contributed by atoms with Gasteiger partial charge in [0.05, 0.1) is 9.89 Å². The van der Waals surface area contributed by atoms with Crippen molar-refractivity contribution in [3.05, 3.63) is 21.9 Å². The zero-order chi connectivity index (χ0) is 14.2. The quantitative estimate of drug-likeness (QED) is 0.924. The van der Waals surface area contributed by atoms with Crippen molar-refractivity contribution in [2.45, 2.75) is 20.3 Å². The number of hydrogen-bond donors (Lipinski definition) is 1. The SMILES string of the molecule is CC(C)(Cc1c(F)cc2c(c1Br)OCCO2)C(=O)O. The van der Waals surface area contributed by atoms with E-state index in [4.69, 9.17) is 14.6 Å². The summed E-state index contributed by atoms with van der Waals surface area (Å²) in [7, 11) is 0. The Morgan fingerprint density at radius 3 is 2.74 bits per heavy atom. The third-order valence-corrected chi connectivity index (χ3v) is 3.86. The van der Waals surface area contributed by atoms with Gasteiger partial charge >= 0.3 is 5.97 Å². The van der Waals surface area contributed by atoms with Crippen LogP contribution in [0.1, 0.15) is 19.4 Å². The molecule has 0 aliphatic carbocycles. The molecule has 1 aromatic carbocycles. The van der Waals surface area contributed by atoms with Crippen molar-refractivity contribution in [1.82, 2.24) is 0 Å². The molecule has 6 heteroatoms. The van der Waals surface area contributed by atoms with Crippen LogP contribution in [0.3, 0.4) is 0 Å². The van der Waals surface area contributed by atoms with Crippen molar-refractivity contribution >= 4 is 21.9 Å². The van der Waals surface area contributed by atoms with Gasteiger partial charge in [0.25, 0.3) is 0 Å². The Kier molecular flexibility index (Phi) is 3.71. The number of carbonyl (C=O) groups is 1. The van der Waals surface area contributed by atoms with Crippen LogP contribution in [-0.4, -0.2) is 24.3 Å². The molecule has 0 saturated heterocycles. The van der Waals surface area contributed by atoms with E-state index in [-0.39, 0.29) is 12.0 Å². The van der Waals surface area contributed by atoms with Gasteiger partial charge in [0.2, 0.25) is 0 Å². The van der Waals surface area contributed by atoms with Gasteiger partial charge in [-0.05, 0) is 36.2 Å². The molecule has 4 nitrogen and oxygen atoms in total. The van der Waals surface area contributed by atoms with Crippen molar-refractivity contribution in [3.63, 3.8) is 0 Å². The number of halogens is 2. The summed E-state index contributed by atoms with van der Waals surface area (Å²) in [5.41, 5.74) is -0.774. The summed E-state index contributed by atoms with van der Waals surface area (Å²) in [6.45, 7) is 3.87. The summed E-state index contributed by atoms with van der Waals surface area (Å²) in [5.74, 6) is -0.699. The smallest absolute Gasteiger partial charge is 0.309 e. The first-order chi connectivity index (χ1) is 8.83. The average Bonchev–Trinajstić information content (AvgIpc) is 2.34. The van der Waals surface area contributed by atoms with Gasteiger partial charge in [-0.15, -0.1) is 0 Å². The largest absolute Gasteiger partial charge is 0.486 e. The van der Waals surface area contributed by atoms with Crippen LogP contribution < -0.4 is 9.47 Å². The number of hydrogen-bond acceptors (Lipinski definition) is 3. The van der Waals surface area contributed by atoms with E-state index in [0.717, 1.165) is 0 Å². The van der Waals surface area contributed by atoms with Gasteiger partial charge in [-0.25, -0.2) is 4.39 Å². The van der Waals surface area contributed by atoms with Gasteiger partial charge in [0, 0.05) is 11.6 Å². The van der Waals surface area contributed by atoms with E-state index in [2.05, 4.69) is 15.9 Å². The summed E-state index contributed by atoms with van der Waals surface area (Å²) in [6.07, 6.45) is 0.0609. The molecule has 1 heterocycles. The zero-order valence-electron chi connectivity index (χ0n) is 10.6. The Bertz CT molecular complexity index is 528. The normalized spacial score (nSPS) is 14.3. The van der Waals surface area contributed by atoms with E-state index in [9.17, 15) is 9.18 Å². The van der Waals surface area contributed by atoms with E-state index in [1.54, 1.807) is 13.8 Å². The first-order valence-corrected chi connectivity index (χ1v) is 6.62. The summed E-state index contributed by atoms with van der Waals surface area (Å²) < 4.78 is 25.2. The Morgan fingerprint density at radius 2 is 2.11 bits per heavy atom. The molecule has 1 aliphatic heterocycles. The molecule has 0 unspecified atom stereocenters. The molecule has 0 bridgehead atoms. The number of ether oxygens (including phenoxy) is 2. The van der Waals surface area contributed by atoms with E-state index in [1.807, 2.05) is 0 Å². The van der Waals surface area contributed by atoms with Crippen LogP contribution in [0.25, 0.3) is 0 Å². The molecule has 0 spiro atoms. The van der Waals surface area contributed by atoms with Crippen LogP contribution in [0, 0.1) is 11.2 Å². The second kappa shape index (κ2) is 5.00. The fourth-order valence-corrected chi connectivity index (χ4v) is 2.47. The van der Waals surface area contributed by atoms with Crippen LogP contribution in [0.4, 0.5) is 4.39 Å². The molecule has 104 valence electrons. The van der Waals surface area contributed by atoms with Crippen LogP contribution in [0.15, 0.2) is 10.5 Å².